The van der Waals surface area contributed by atoms with E-state index in [1.54, 1.807) is 4.90 Å². The van der Waals surface area contributed by atoms with Gasteiger partial charge in [0.1, 0.15) is 11.3 Å². The minimum absolute atomic E-state index is 0.238. The van der Waals surface area contributed by atoms with Crippen molar-refractivity contribution in [3.8, 4) is 0 Å². The van der Waals surface area contributed by atoms with E-state index in [1.807, 2.05) is 39.0 Å². The number of carbonyl (C=O) groups excluding carboxylic acids is 1. The Balaban J connectivity index is 1.59. The second-order valence-corrected chi connectivity index (χ2v) is 7.93. The Labute approximate surface area is 149 Å². The maximum atomic E-state index is 12.1. The molecule has 1 fully saturated rings. The second kappa shape index (κ2) is 6.72. The number of fused-ring (bicyclic) bond motifs is 1. The molecule has 2 heterocycles. The summed E-state index contributed by atoms with van der Waals surface area (Å²) in [4.78, 5) is 16.1. The molecule has 130 valence electrons. The van der Waals surface area contributed by atoms with E-state index in [2.05, 4.69) is 26.0 Å². The molecule has 1 aromatic carbocycles. The van der Waals surface area contributed by atoms with E-state index in [0.717, 1.165) is 34.2 Å². The van der Waals surface area contributed by atoms with E-state index in [0.29, 0.717) is 19.6 Å². The molecule has 6 nitrogen and oxygen atoms in total. The van der Waals surface area contributed by atoms with Crippen LogP contribution in [-0.2, 0) is 11.3 Å². The summed E-state index contributed by atoms with van der Waals surface area (Å²) in [5, 5.41) is 5.22. The predicted molar refractivity (Wildman–Crippen MR) is 94.8 cm³/mol. The fourth-order valence-corrected chi connectivity index (χ4v) is 3.06. The number of hydrogen-bond acceptors (Lipinski definition) is 5. The lowest BCUT2D eigenvalue weighted by molar-refractivity contribution is 0.0137. The highest BCUT2D eigenvalue weighted by molar-refractivity contribution is 9.10. The number of halogens is 1. The van der Waals surface area contributed by atoms with E-state index >= 15 is 0 Å². The van der Waals surface area contributed by atoms with Crippen molar-refractivity contribution in [2.45, 2.75) is 32.9 Å². The van der Waals surface area contributed by atoms with Crippen LogP contribution >= 0.6 is 15.9 Å². The maximum absolute atomic E-state index is 12.1. The molecule has 1 aliphatic heterocycles. The first-order valence-corrected chi connectivity index (χ1v) is 8.85. The molecule has 0 N–H and O–H groups in total. The first-order chi connectivity index (χ1) is 11.3. The number of aromatic nitrogens is 1. The zero-order valence-corrected chi connectivity index (χ0v) is 15.8. The Kier molecular flexibility index (Phi) is 4.83. The normalized spacial score (nSPS) is 16.6. The van der Waals surface area contributed by atoms with Gasteiger partial charge in [-0.1, -0.05) is 21.1 Å². The van der Waals surface area contributed by atoms with Crippen LogP contribution in [-0.4, -0.2) is 52.8 Å². The lowest BCUT2D eigenvalue weighted by atomic mass is 10.2. The van der Waals surface area contributed by atoms with Gasteiger partial charge in [-0.15, -0.1) is 0 Å². The lowest BCUT2D eigenvalue weighted by Crippen LogP contribution is -2.49. The standard InChI is InChI=1S/C17H22BrN3O3/c1-17(2,3)23-16(22)21-8-6-20(7-9-21)11-14-13-10-12(18)4-5-15(13)24-19-14/h4-5,10H,6-9,11H2,1-3H3. The van der Waals surface area contributed by atoms with Crippen molar-refractivity contribution >= 4 is 33.0 Å². The number of ether oxygens (including phenoxy) is 1. The van der Waals surface area contributed by atoms with Crippen molar-refractivity contribution in [1.29, 1.82) is 0 Å². The van der Waals surface area contributed by atoms with E-state index in [9.17, 15) is 4.79 Å². The lowest BCUT2D eigenvalue weighted by Gasteiger charge is -2.35. The molecule has 1 aromatic heterocycles. The smallest absolute Gasteiger partial charge is 0.410 e. The van der Waals surface area contributed by atoms with Crippen molar-refractivity contribution in [2.75, 3.05) is 26.2 Å². The van der Waals surface area contributed by atoms with Crippen LogP contribution in [0, 0.1) is 0 Å². The fourth-order valence-electron chi connectivity index (χ4n) is 2.70. The molecule has 0 unspecified atom stereocenters. The number of benzene rings is 1. The van der Waals surface area contributed by atoms with Crippen molar-refractivity contribution in [3.63, 3.8) is 0 Å². The molecule has 24 heavy (non-hydrogen) atoms. The highest BCUT2D eigenvalue weighted by Gasteiger charge is 2.26. The zero-order valence-electron chi connectivity index (χ0n) is 14.2. The Hall–Kier alpha value is -1.60. The van der Waals surface area contributed by atoms with Crippen LogP contribution in [0.4, 0.5) is 4.79 Å². The molecule has 0 spiro atoms. The van der Waals surface area contributed by atoms with Crippen LogP contribution in [0.25, 0.3) is 11.0 Å². The minimum atomic E-state index is -0.457. The SMILES string of the molecule is CC(C)(C)OC(=O)N1CCN(Cc2noc3ccc(Br)cc23)CC1. The number of rotatable bonds is 2. The van der Waals surface area contributed by atoms with Crippen LogP contribution in [0.2, 0.25) is 0 Å². The molecule has 0 radical (unpaired) electrons. The third kappa shape index (κ3) is 4.08. The van der Waals surface area contributed by atoms with Gasteiger partial charge in [0, 0.05) is 42.6 Å². The molecule has 2 aromatic rings. The van der Waals surface area contributed by atoms with Gasteiger partial charge in [0.2, 0.25) is 0 Å². The van der Waals surface area contributed by atoms with Gasteiger partial charge in [0.05, 0.1) is 0 Å². The summed E-state index contributed by atoms with van der Waals surface area (Å²) >= 11 is 3.48. The average molecular weight is 396 g/mol. The molecule has 0 saturated carbocycles. The van der Waals surface area contributed by atoms with E-state index in [1.165, 1.54) is 0 Å². The van der Waals surface area contributed by atoms with Gasteiger partial charge in [-0.05, 0) is 39.0 Å². The molecule has 1 saturated heterocycles. The summed E-state index contributed by atoms with van der Waals surface area (Å²) < 4.78 is 11.8. The van der Waals surface area contributed by atoms with Gasteiger partial charge in [-0.2, -0.15) is 0 Å². The van der Waals surface area contributed by atoms with Crippen molar-refractivity contribution in [3.05, 3.63) is 28.4 Å². The first kappa shape index (κ1) is 17.2. The summed E-state index contributed by atoms with van der Waals surface area (Å²) in [5.74, 6) is 0. The van der Waals surface area contributed by atoms with Gasteiger partial charge >= 0.3 is 6.09 Å². The molecule has 1 amide bonds. The van der Waals surface area contributed by atoms with Crippen LogP contribution in [0.15, 0.2) is 27.2 Å². The summed E-state index contributed by atoms with van der Waals surface area (Å²) in [7, 11) is 0. The number of piperazine rings is 1. The van der Waals surface area contributed by atoms with E-state index < -0.39 is 5.60 Å². The van der Waals surface area contributed by atoms with Crippen molar-refractivity contribution < 1.29 is 14.1 Å². The first-order valence-electron chi connectivity index (χ1n) is 8.06. The summed E-state index contributed by atoms with van der Waals surface area (Å²) in [6.45, 7) is 9.27. The molecule has 7 heteroatoms. The second-order valence-electron chi connectivity index (χ2n) is 7.01. The number of nitrogens with zero attached hydrogens (tertiary/aromatic N) is 3. The van der Waals surface area contributed by atoms with Crippen LogP contribution in [0.5, 0.6) is 0 Å². The molecule has 0 atom stereocenters. The van der Waals surface area contributed by atoms with Gasteiger partial charge < -0.3 is 14.2 Å². The van der Waals surface area contributed by atoms with Gasteiger partial charge in [-0.25, -0.2) is 4.79 Å². The third-order valence-electron chi connectivity index (χ3n) is 3.90. The van der Waals surface area contributed by atoms with Gasteiger partial charge in [0.25, 0.3) is 0 Å². The largest absolute Gasteiger partial charge is 0.444 e. The molecular formula is C17H22BrN3O3. The maximum Gasteiger partial charge on any atom is 0.410 e. The van der Waals surface area contributed by atoms with Crippen LogP contribution < -0.4 is 0 Å². The summed E-state index contributed by atoms with van der Waals surface area (Å²) in [5.41, 5.74) is 1.26. The monoisotopic (exact) mass is 395 g/mol. The Morgan fingerprint density at radius 3 is 2.67 bits per heavy atom. The van der Waals surface area contributed by atoms with Crippen LogP contribution in [0.3, 0.4) is 0 Å². The number of amides is 1. The Morgan fingerprint density at radius 2 is 2.00 bits per heavy atom. The summed E-state index contributed by atoms with van der Waals surface area (Å²) in [6, 6.07) is 5.88. The fraction of sp³-hybridized carbons (Fsp3) is 0.529. The van der Waals surface area contributed by atoms with E-state index in [-0.39, 0.29) is 6.09 Å². The van der Waals surface area contributed by atoms with Crippen LogP contribution in [0.1, 0.15) is 26.5 Å². The third-order valence-corrected chi connectivity index (χ3v) is 4.40. The van der Waals surface area contributed by atoms with Gasteiger partial charge in [0.15, 0.2) is 5.58 Å². The number of carbonyl (C=O) groups is 1. The topological polar surface area (TPSA) is 58.8 Å². The molecule has 0 aliphatic carbocycles. The molecule has 0 bridgehead atoms. The summed E-state index contributed by atoms with van der Waals surface area (Å²) in [6.07, 6.45) is -0.238. The Morgan fingerprint density at radius 1 is 1.29 bits per heavy atom. The minimum Gasteiger partial charge on any atom is -0.444 e. The predicted octanol–water partition coefficient (Wildman–Crippen LogP) is 3.64. The van der Waals surface area contributed by atoms with Crippen molar-refractivity contribution in [1.82, 2.24) is 15.0 Å². The molecule has 3 rings (SSSR count). The quantitative estimate of drug-likeness (QED) is 0.776. The van der Waals surface area contributed by atoms with E-state index in [4.69, 9.17) is 9.26 Å². The van der Waals surface area contributed by atoms with Gasteiger partial charge in [-0.3, -0.25) is 4.90 Å². The van der Waals surface area contributed by atoms with Crippen molar-refractivity contribution in [2.24, 2.45) is 0 Å². The highest BCUT2D eigenvalue weighted by Crippen LogP contribution is 2.24. The molecular weight excluding hydrogens is 374 g/mol. The average Bonchev–Trinajstić information content (AvgIpc) is 2.88. The Bertz CT molecular complexity index is 730. The highest BCUT2D eigenvalue weighted by atomic mass is 79.9. The number of hydrogen-bond donors (Lipinski definition) is 0. The molecule has 1 aliphatic rings. The zero-order chi connectivity index (χ0) is 17.3.